The monoisotopic (exact) mass is 427 g/mol. The largest absolute Gasteiger partial charge is 0.295 e. The lowest BCUT2D eigenvalue weighted by atomic mass is 9.71. The maximum Gasteiger partial charge on any atom is 0.274 e. The minimum atomic E-state index is -0.809. The van der Waals surface area contributed by atoms with Crippen LogP contribution in [0, 0.1) is 11.3 Å². The fourth-order valence-corrected chi connectivity index (χ4v) is 6.43. The second-order valence-electron chi connectivity index (χ2n) is 8.53. The number of nitriles is 1. The summed E-state index contributed by atoms with van der Waals surface area (Å²) in [6.45, 7) is 0. The minimum Gasteiger partial charge on any atom is -0.295 e. The summed E-state index contributed by atoms with van der Waals surface area (Å²) in [5, 5.41) is 14.8. The number of hydrogen-bond donors (Lipinski definition) is 1. The molecule has 3 aromatic heterocycles. The molecular formula is C24H21N5OS. The van der Waals surface area contributed by atoms with Gasteiger partial charge in [0.2, 0.25) is 0 Å². The van der Waals surface area contributed by atoms with Crippen LogP contribution < -0.4 is 5.56 Å². The Balaban J connectivity index is 1.51. The summed E-state index contributed by atoms with van der Waals surface area (Å²) in [6.07, 6.45) is 7.73. The van der Waals surface area contributed by atoms with Crippen molar-refractivity contribution in [1.29, 1.82) is 5.26 Å². The van der Waals surface area contributed by atoms with Crippen molar-refractivity contribution in [1.82, 2.24) is 19.7 Å². The molecule has 6 rings (SSSR count). The van der Waals surface area contributed by atoms with Gasteiger partial charge in [-0.2, -0.15) is 5.26 Å². The van der Waals surface area contributed by atoms with Gasteiger partial charge in [0, 0.05) is 27.9 Å². The third kappa shape index (κ3) is 2.71. The van der Waals surface area contributed by atoms with Crippen molar-refractivity contribution in [2.24, 2.45) is 0 Å². The SMILES string of the molecule is N#CC1(c2ncnc3sc4c(c23)CCCC4)CCc2[nH]n(-c3ccccc3)c(=O)c2C1. The van der Waals surface area contributed by atoms with E-state index in [0.717, 1.165) is 46.6 Å². The first kappa shape index (κ1) is 18.5. The molecule has 3 heterocycles. The van der Waals surface area contributed by atoms with Crippen LogP contribution >= 0.6 is 11.3 Å². The highest BCUT2D eigenvalue weighted by atomic mass is 32.1. The smallest absolute Gasteiger partial charge is 0.274 e. The third-order valence-corrected chi connectivity index (χ3v) is 7.99. The molecule has 0 saturated heterocycles. The van der Waals surface area contributed by atoms with Gasteiger partial charge in [0.1, 0.15) is 16.6 Å². The van der Waals surface area contributed by atoms with Crippen LogP contribution in [0.1, 0.15) is 46.7 Å². The number of hydrogen-bond acceptors (Lipinski definition) is 5. The topological polar surface area (TPSA) is 87.4 Å². The van der Waals surface area contributed by atoms with Crippen LogP contribution in [0.5, 0.6) is 0 Å². The lowest BCUT2D eigenvalue weighted by Crippen LogP contribution is -2.35. The van der Waals surface area contributed by atoms with Gasteiger partial charge in [-0.05, 0) is 56.2 Å². The van der Waals surface area contributed by atoms with E-state index in [0.29, 0.717) is 24.8 Å². The van der Waals surface area contributed by atoms with Gasteiger partial charge in [-0.15, -0.1) is 11.3 Å². The molecule has 0 fully saturated rings. The standard InChI is InChI=1S/C24H21N5OS/c25-13-24(21-20-16-8-4-5-9-19(16)31-22(20)27-14-26-21)11-10-18-17(12-24)23(30)29(28-18)15-6-2-1-3-7-15/h1-3,6-7,14,28H,4-5,8-12H2. The molecule has 0 spiro atoms. The first-order valence-corrected chi connectivity index (χ1v) is 11.6. The fraction of sp³-hybridized carbons (Fsp3) is 0.333. The highest BCUT2D eigenvalue weighted by molar-refractivity contribution is 7.18. The molecule has 0 aliphatic heterocycles. The van der Waals surface area contributed by atoms with Gasteiger partial charge in [-0.25, -0.2) is 14.6 Å². The predicted octanol–water partition coefficient (Wildman–Crippen LogP) is 4.00. The number of rotatable bonds is 2. The number of para-hydroxylation sites is 1. The Bertz CT molecular complexity index is 1410. The summed E-state index contributed by atoms with van der Waals surface area (Å²) in [6, 6.07) is 12.2. The van der Waals surface area contributed by atoms with Crippen molar-refractivity contribution in [3.05, 3.63) is 74.4 Å². The van der Waals surface area contributed by atoms with E-state index < -0.39 is 5.41 Å². The molecule has 31 heavy (non-hydrogen) atoms. The Hall–Kier alpha value is -3.24. The summed E-state index contributed by atoms with van der Waals surface area (Å²) < 4.78 is 1.60. The maximum absolute atomic E-state index is 13.3. The van der Waals surface area contributed by atoms with E-state index in [4.69, 9.17) is 0 Å². The Morgan fingerprint density at radius 2 is 1.94 bits per heavy atom. The van der Waals surface area contributed by atoms with Gasteiger partial charge in [0.25, 0.3) is 5.56 Å². The molecule has 154 valence electrons. The van der Waals surface area contributed by atoms with Crippen molar-refractivity contribution >= 4 is 21.6 Å². The molecule has 1 unspecified atom stereocenters. The van der Waals surface area contributed by atoms with Crippen molar-refractivity contribution in [2.45, 2.75) is 50.4 Å². The van der Waals surface area contributed by atoms with Gasteiger partial charge in [-0.3, -0.25) is 9.89 Å². The molecule has 2 aliphatic rings. The highest BCUT2D eigenvalue weighted by Crippen LogP contribution is 2.43. The zero-order valence-electron chi connectivity index (χ0n) is 17.0. The summed E-state index contributed by atoms with van der Waals surface area (Å²) >= 11 is 1.74. The van der Waals surface area contributed by atoms with Crippen LogP contribution in [0.4, 0.5) is 0 Å². The third-order valence-electron chi connectivity index (χ3n) is 6.79. The number of nitrogens with zero attached hydrogens (tertiary/aromatic N) is 4. The van der Waals surface area contributed by atoms with Crippen molar-refractivity contribution in [3.8, 4) is 11.8 Å². The average molecular weight is 428 g/mol. The normalized spacial score (nSPS) is 20.2. The van der Waals surface area contributed by atoms with Crippen LogP contribution in [0.3, 0.4) is 0 Å². The molecule has 0 bridgehead atoms. The molecule has 1 aromatic carbocycles. The molecule has 0 radical (unpaired) electrons. The number of benzene rings is 1. The Labute approximate surface area is 183 Å². The van der Waals surface area contributed by atoms with E-state index in [1.165, 1.54) is 16.9 Å². The average Bonchev–Trinajstić information content (AvgIpc) is 3.37. The molecule has 0 saturated carbocycles. The minimum absolute atomic E-state index is 0.0711. The van der Waals surface area contributed by atoms with Gasteiger partial charge in [-0.1, -0.05) is 18.2 Å². The molecule has 4 aromatic rings. The van der Waals surface area contributed by atoms with E-state index in [-0.39, 0.29) is 5.56 Å². The zero-order chi connectivity index (χ0) is 21.0. The summed E-state index contributed by atoms with van der Waals surface area (Å²) in [7, 11) is 0. The fourth-order valence-electron chi connectivity index (χ4n) is 5.20. The van der Waals surface area contributed by atoms with E-state index in [1.54, 1.807) is 22.3 Å². The molecule has 6 nitrogen and oxygen atoms in total. The van der Waals surface area contributed by atoms with Crippen LogP contribution in [0.15, 0.2) is 41.5 Å². The second-order valence-corrected chi connectivity index (χ2v) is 9.61. The number of thiophene rings is 1. The zero-order valence-corrected chi connectivity index (χ0v) is 17.8. The Morgan fingerprint density at radius 1 is 1.10 bits per heavy atom. The number of aromatic amines is 1. The number of fused-ring (bicyclic) bond motifs is 4. The van der Waals surface area contributed by atoms with E-state index in [1.807, 2.05) is 30.3 Å². The van der Waals surface area contributed by atoms with Gasteiger partial charge >= 0.3 is 0 Å². The first-order valence-electron chi connectivity index (χ1n) is 10.8. The predicted molar refractivity (Wildman–Crippen MR) is 120 cm³/mol. The summed E-state index contributed by atoms with van der Waals surface area (Å²) in [5.74, 6) is 0. The quantitative estimate of drug-likeness (QED) is 0.524. The summed E-state index contributed by atoms with van der Waals surface area (Å²) in [4.78, 5) is 24.9. The van der Waals surface area contributed by atoms with Gasteiger partial charge in [0.15, 0.2) is 0 Å². The van der Waals surface area contributed by atoms with Crippen molar-refractivity contribution < 1.29 is 0 Å². The number of H-pyrrole nitrogens is 1. The molecule has 7 heteroatoms. The van der Waals surface area contributed by atoms with Gasteiger partial charge in [0.05, 0.1) is 17.5 Å². The van der Waals surface area contributed by atoms with E-state index in [2.05, 4.69) is 21.1 Å². The Kier molecular flexibility index (Phi) is 4.12. The van der Waals surface area contributed by atoms with Crippen LogP contribution in [0.2, 0.25) is 0 Å². The maximum atomic E-state index is 13.3. The molecule has 0 amide bonds. The first-order chi connectivity index (χ1) is 15.2. The van der Waals surface area contributed by atoms with Crippen LogP contribution in [-0.4, -0.2) is 19.7 Å². The van der Waals surface area contributed by atoms with Crippen LogP contribution in [-0.2, 0) is 31.1 Å². The van der Waals surface area contributed by atoms with E-state index >= 15 is 0 Å². The van der Waals surface area contributed by atoms with Gasteiger partial charge < -0.3 is 0 Å². The Morgan fingerprint density at radius 3 is 2.77 bits per heavy atom. The van der Waals surface area contributed by atoms with Crippen molar-refractivity contribution in [2.75, 3.05) is 0 Å². The lowest BCUT2D eigenvalue weighted by Gasteiger charge is -2.30. The molecule has 1 atom stereocenters. The number of aromatic nitrogens is 4. The summed E-state index contributed by atoms with van der Waals surface area (Å²) in [5.41, 5.74) is 3.70. The van der Waals surface area contributed by atoms with E-state index in [9.17, 15) is 10.1 Å². The number of nitrogens with one attached hydrogen (secondary N) is 1. The lowest BCUT2D eigenvalue weighted by molar-refractivity contribution is 0.459. The molecular weight excluding hydrogens is 406 g/mol. The van der Waals surface area contributed by atoms with Crippen LogP contribution in [0.25, 0.3) is 15.9 Å². The molecule has 1 N–H and O–H groups in total. The second kappa shape index (κ2) is 6.89. The highest BCUT2D eigenvalue weighted by Gasteiger charge is 2.42. The van der Waals surface area contributed by atoms with Crippen molar-refractivity contribution in [3.63, 3.8) is 0 Å². The number of aryl methyl sites for hydroxylation is 3. The molecule has 2 aliphatic carbocycles.